The van der Waals surface area contributed by atoms with Gasteiger partial charge >= 0.3 is 0 Å². The van der Waals surface area contributed by atoms with Gasteiger partial charge in [-0.1, -0.05) is 23.9 Å². The van der Waals surface area contributed by atoms with Crippen molar-refractivity contribution in [3.8, 4) is 0 Å². The first kappa shape index (κ1) is 16.0. The highest BCUT2D eigenvalue weighted by Crippen LogP contribution is 2.29. The fraction of sp³-hybridized carbons (Fsp3) is 0.400. The summed E-state index contributed by atoms with van der Waals surface area (Å²) in [4.78, 5) is 4.57. The van der Waals surface area contributed by atoms with Crippen molar-refractivity contribution >= 4 is 43.2 Å². The Kier molecular flexibility index (Phi) is 4.31. The van der Waals surface area contributed by atoms with Crippen LogP contribution >= 0.6 is 23.1 Å². The summed E-state index contributed by atoms with van der Waals surface area (Å²) in [6.45, 7) is 0. The van der Waals surface area contributed by atoms with Gasteiger partial charge in [0.05, 0.1) is 27.5 Å². The lowest BCUT2D eigenvalue weighted by Gasteiger charge is -2.01. The molecule has 24 heavy (non-hydrogen) atoms. The van der Waals surface area contributed by atoms with Crippen molar-refractivity contribution in [2.45, 2.75) is 23.8 Å². The molecule has 1 aliphatic rings. The molecule has 0 radical (unpaired) electrons. The van der Waals surface area contributed by atoms with Gasteiger partial charge in [-0.25, -0.2) is 13.4 Å². The number of thiazole rings is 1. The van der Waals surface area contributed by atoms with Crippen LogP contribution in [0.3, 0.4) is 0 Å². The van der Waals surface area contributed by atoms with Crippen molar-refractivity contribution in [3.63, 3.8) is 0 Å². The molecule has 1 aliphatic heterocycles. The largest absolute Gasteiger partial charge is 0.416 e. The average molecular weight is 382 g/mol. The maximum absolute atomic E-state index is 11.5. The lowest BCUT2D eigenvalue weighted by atomic mass is 10.1. The number of thioether (sulfide) groups is 1. The second kappa shape index (κ2) is 6.45. The standard InChI is InChI=1S/C15H15N3O3S3/c19-24(20)6-5-10(9-24)7-13-17-18-15(21-13)22-8-14-16-11-3-1-2-4-12(11)23-14/h1-4,10H,5-9H2/t10-/m0/s1. The summed E-state index contributed by atoms with van der Waals surface area (Å²) in [6, 6.07) is 8.04. The molecule has 2 aromatic heterocycles. The van der Waals surface area contributed by atoms with E-state index in [4.69, 9.17) is 4.42 Å². The van der Waals surface area contributed by atoms with Crippen molar-refractivity contribution < 1.29 is 12.8 Å². The van der Waals surface area contributed by atoms with E-state index in [-0.39, 0.29) is 17.4 Å². The SMILES string of the molecule is O=S1(=O)CC[C@@H](Cc2nnc(SCc3nc4ccccc4s3)o2)C1. The van der Waals surface area contributed by atoms with E-state index in [2.05, 4.69) is 21.2 Å². The number of hydrogen-bond acceptors (Lipinski definition) is 8. The fourth-order valence-electron chi connectivity index (χ4n) is 2.76. The number of rotatable bonds is 5. The summed E-state index contributed by atoms with van der Waals surface area (Å²) in [5.41, 5.74) is 1.01. The molecule has 4 rings (SSSR count). The van der Waals surface area contributed by atoms with E-state index in [1.807, 2.05) is 18.2 Å². The van der Waals surface area contributed by atoms with E-state index in [0.717, 1.165) is 10.5 Å². The molecule has 126 valence electrons. The van der Waals surface area contributed by atoms with Crippen molar-refractivity contribution in [2.75, 3.05) is 11.5 Å². The molecule has 3 heterocycles. The molecule has 1 aromatic carbocycles. The first-order valence-electron chi connectivity index (χ1n) is 7.57. The van der Waals surface area contributed by atoms with Gasteiger partial charge in [0, 0.05) is 6.42 Å². The monoisotopic (exact) mass is 381 g/mol. The van der Waals surface area contributed by atoms with Crippen LogP contribution in [-0.2, 0) is 22.0 Å². The fourth-order valence-corrected chi connectivity index (χ4v) is 6.37. The van der Waals surface area contributed by atoms with Gasteiger partial charge in [0.1, 0.15) is 5.01 Å². The van der Waals surface area contributed by atoms with Crippen LogP contribution in [0.2, 0.25) is 0 Å². The Morgan fingerprint density at radius 3 is 2.96 bits per heavy atom. The van der Waals surface area contributed by atoms with Crippen LogP contribution in [0.15, 0.2) is 33.9 Å². The lowest BCUT2D eigenvalue weighted by molar-refractivity contribution is 0.389. The van der Waals surface area contributed by atoms with Gasteiger partial charge in [-0.15, -0.1) is 21.5 Å². The summed E-state index contributed by atoms with van der Waals surface area (Å²) in [6.07, 6.45) is 1.22. The van der Waals surface area contributed by atoms with Crippen molar-refractivity contribution in [3.05, 3.63) is 35.2 Å². The third-order valence-electron chi connectivity index (χ3n) is 3.90. The van der Waals surface area contributed by atoms with E-state index >= 15 is 0 Å². The molecular weight excluding hydrogens is 366 g/mol. The molecular formula is C15H15N3O3S3. The molecule has 1 saturated heterocycles. The molecule has 6 nitrogen and oxygen atoms in total. The summed E-state index contributed by atoms with van der Waals surface area (Å²) in [5, 5.41) is 9.59. The van der Waals surface area contributed by atoms with Gasteiger partial charge in [-0.2, -0.15) is 0 Å². The number of aromatic nitrogens is 3. The lowest BCUT2D eigenvalue weighted by Crippen LogP contribution is -2.07. The number of para-hydroxylation sites is 1. The van der Waals surface area contributed by atoms with Crippen molar-refractivity contribution in [1.29, 1.82) is 0 Å². The van der Waals surface area contributed by atoms with Crippen LogP contribution in [0.5, 0.6) is 0 Å². The Morgan fingerprint density at radius 1 is 1.29 bits per heavy atom. The summed E-state index contributed by atoms with van der Waals surface area (Å²) in [5.74, 6) is 1.79. The van der Waals surface area contributed by atoms with E-state index in [1.165, 1.54) is 16.5 Å². The van der Waals surface area contributed by atoms with Gasteiger partial charge in [0.25, 0.3) is 5.22 Å². The highest BCUT2D eigenvalue weighted by molar-refractivity contribution is 7.98. The molecule has 0 unspecified atom stereocenters. The summed E-state index contributed by atoms with van der Waals surface area (Å²) >= 11 is 3.12. The molecule has 1 fully saturated rings. The van der Waals surface area contributed by atoms with Crippen LogP contribution in [0.1, 0.15) is 17.3 Å². The van der Waals surface area contributed by atoms with Crippen LogP contribution in [-0.4, -0.2) is 35.1 Å². The minimum Gasteiger partial charge on any atom is -0.416 e. The molecule has 0 aliphatic carbocycles. The zero-order valence-electron chi connectivity index (χ0n) is 12.7. The number of sulfone groups is 1. The highest BCUT2D eigenvalue weighted by Gasteiger charge is 2.29. The third kappa shape index (κ3) is 3.62. The number of fused-ring (bicyclic) bond motifs is 1. The second-order valence-corrected chi connectivity index (χ2v) is 10.1. The number of benzene rings is 1. The average Bonchev–Trinajstić information content (AvgIpc) is 3.24. The van der Waals surface area contributed by atoms with Gasteiger partial charge in [0.15, 0.2) is 9.84 Å². The van der Waals surface area contributed by atoms with Crippen LogP contribution in [0.4, 0.5) is 0 Å². The molecule has 0 N–H and O–H groups in total. The Balaban J connectivity index is 1.37. The smallest absolute Gasteiger partial charge is 0.276 e. The molecule has 1 atom stereocenters. The van der Waals surface area contributed by atoms with E-state index in [0.29, 0.717) is 29.7 Å². The van der Waals surface area contributed by atoms with Gasteiger partial charge in [0.2, 0.25) is 5.89 Å². The molecule has 0 saturated carbocycles. The van der Waals surface area contributed by atoms with Gasteiger partial charge in [-0.05, 0) is 24.5 Å². The van der Waals surface area contributed by atoms with E-state index in [9.17, 15) is 8.42 Å². The Labute approximate surface area is 147 Å². The van der Waals surface area contributed by atoms with Crippen molar-refractivity contribution in [1.82, 2.24) is 15.2 Å². The highest BCUT2D eigenvalue weighted by atomic mass is 32.2. The van der Waals surface area contributed by atoms with Gasteiger partial charge < -0.3 is 4.42 Å². The molecule has 0 amide bonds. The maximum Gasteiger partial charge on any atom is 0.276 e. The predicted octanol–water partition coefficient (Wildman–Crippen LogP) is 2.95. The Hall–Kier alpha value is -1.45. The third-order valence-corrected chi connectivity index (χ3v) is 7.78. The quantitative estimate of drug-likeness (QED) is 0.628. The molecule has 3 aromatic rings. The van der Waals surface area contributed by atoms with Crippen LogP contribution < -0.4 is 0 Å². The van der Waals surface area contributed by atoms with Gasteiger partial charge in [-0.3, -0.25) is 0 Å². The number of hydrogen-bond donors (Lipinski definition) is 0. The van der Waals surface area contributed by atoms with Crippen LogP contribution in [0, 0.1) is 5.92 Å². The normalized spacial score (nSPS) is 19.9. The minimum atomic E-state index is -2.87. The summed E-state index contributed by atoms with van der Waals surface area (Å²) < 4.78 is 29.8. The zero-order valence-corrected chi connectivity index (χ0v) is 15.2. The van der Waals surface area contributed by atoms with Crippen LogP contribution in [0.25, 0.3) is 10.2 Å². The zero-order chi connectivity index (χ0) is 16.6. The van der Waals surface area contributed by atoms with Crippen molar-refractivity contribution in [2.24, 2.45) is 5.92 Å². The second-order valence-electron chi connectivity index (χ2n) is 5.80. The summed E-state index contributed by atoms with van der Waals surface area (Å²) in [7, 11) is -2.87. The molecule has 0 spiro atoms. The van der Waals surface area contributed by atoms with E-state index in [1.54, 1.807) is 11.3 Å². The Bertz CT molecular complexity index is 931. The molecule has 9 heteroatoms. The maximum atomic E-state index is 11.5. The first-order chi connectivity index (χ1) is 11.6. The minimum absolute atomic E-state index is 0.0950. The molecule has 0 bridgehead atoms. The Morgan fingerprint density at radius 2 is 2.17 bits per heavy atom. The first-order valence-corrected chi connectivity index (χ1v) is 11.2. The van der Waals surface area contributed by atoms with E-state index < -0.39 is 9.84 Å². The topological polar surface area (TPSA) is 86.0 Å². The predicted molar refractivity (Wildman–Crippen MR) is 93.9 cm³/mol. The number of nitrogens with zero attached hydrogens (tertiary/aromatic N) is 3.